The normalized spacial score (nSPS) is 25.8. The summed E-state index contributed by atoms with van der Waals surface area (Å²) in [5, 5.41) is 9.72. The van der Waals surface area contributed by atoms with Crippen LogP contribution in [0.15, 0.2) is 11.0 Å². The summed E-state index contributed by atoms with van der Waals surface area (Å²) in [6.07, 6.45) is 9.57. The molecule has 1 unspecified atom stereocenters. The van der Waals surface area contributed by atoms with E-state index in [1.165, 1.54) is 12.8 Å². The van der Waals surface area contributed by atoms with Crippen LogP contribution in [0.4, 0.5) is 0 Å². The molecule has 0 radical (unpaired) electrons. The lowest BCUT2D eigenvalue weighted by atomic mass is 9.74. The number of rotatable bonds is 7. The summed E-state index contributed by atoms with van der Waals surface area (Å²) in [7, 11) is -1.43. The molecule has 1 nitrogen and oxygen atoms in total. The zero-order valence-corrected chi connectivity index (χ0v) is 17.8. The summed E-state index contributed by atoms with van der Waals surface area (Å²) in [5.41, 5.74) is 2.34. The van der Waals surface area contributed by atoms with Gasteiger partial charge in [-0.1, -0.05) is 60.5 Å². The van der Waals surface area contributed by atoms with Crippen molar-refractivity contribution < 1.29 is 0 Å². The van der Waals surface area contributed by atoms with Crippen molar-refractivity contribution in [1.82, 2.24) is 0 Å². The van der Waals surface area contributed by atoms with Gasteiger partial charge in [-0.25, -0.2) is 0 Å². The highest BCUT2D eigenvalue weighted by Gasteiger charge is 2.45. The lowest BCUT2D eigenvalue weighted by Crippen LogP contribution is -2.41. The van der Waals surface area contributed by atoms with E-state index in [0.29, 0.717) is 0 Å². The molecule has 2 rings (SSSR count). The molecule has 0 saturated heterocycles. The van der Waals surface area contributed by atoms with E-state index < -0.39 is 7.22 Å². The van der Waals surface area contributed by atoms with Gasteiger partial charge < -0.3 is 0 Å². The third-order valence-corrected chi connectivity index (χ3v) is 18.7. The largest absolute Gasteiger partial charge is 0.198 e. The third kappa shape index (κ3) is 4.07. The minimum atomic E-state index is -1.43. The van der Waals surface area contributed by atoms with Crippen LogP contribution in [0.25, 0.3) is 0 Å². The number of hydrogen-bond acceptors (Lipinski definition) is 2. The van der Waals surface area contributed by atoms with Crippen LogP contribution in [0.2, 0.25) is 16.6 Å². The van der Waals surface area contributed by atoms with Gasteiger partial charge >= 0.3 is 0 Å². The summed E-state index contributed by atoms with van der Waals surface area (Å²) in [6, 6.07) is 2.70. The predicted octanol–water partition coefficient (Wildman–Crippen LogP) is 7.27. The maximum Gasteiger partial charge on any atom is 0.130 e. The molecule has 0 amide bonds. The quantitative estimate of drug-likeness (QED) is 0.451. The van der Waals surface area contributed by atoms with E-state index in [9.17, 15) is 5.26 Å². The second kappa shape index (κ2) is 7.36. The second-order valence-corrected chi connectivity index (χ2v) is 17.5. The Labute approximate surface area is 149 Å². The molecule has 0 aromatic carbocycles. The van der Waals surface area contributed by atoms with Crippen molar-refractivity contribution in [2.75, 3.05) is 0 Å². The fourth-order valence-electron chi connectivity index (χ4n) is 4.76. The average molecular weight is 350 g/mol. The fourth-order valence-corrected chi connectivity index (χ4v) is 14.3. The lowest BCUT2D eigenvalue weighted by molar-refractivity contribution is 0.311. The molecule has 0 N–H and O–H groups in total. The minimum absolute atomic E-state index is 0.0388. The van der Waals surface area contributed by atoms with Crippen LogP contribution in [0.3, 0.4) is 0 Å². The summed E-state index contributed by atoms with van der Waals surface area (Å²) < 4.78 is 0. The minimum Gasteiger partial charge on any atom is -0.198 e. The van der Waals surface area contributed by atoms with Gasteiger partial charge in [0, 0.05) is 0 Å². The Bertz CT molecular complexity index is 463. The van der Waals surface area contributed by atoms with Crippen LogP contribution >= 0.6 is 11.2 Å². The molecule has 130 valence electrons. The molecule has 1 fully saturated rings. The number of nitriles is 1. The molecule has 1 saturated carbocycles. The van der Waals surface area contributed by atoms with E-state index in [1.54, 1.807) is 4.91 Å². The first kappa shape index (κ1) is 19.1. The van der Waals surface area contributed by atoms with Gasteiger partial charge in [0.2, 0.25) is 0 Å². The van der Waals surface area contributed by atoms with Gasteiger partial charge in [0.05, 0.1) is 11.5 Å². The predicted molar refractivity (Wildman–Crippen MR) is 106 cm³/mol. The number of nitrogens with zero attached hydrogens (tertiary/aromatic N) is 1. The summed E-state index contributed by atoms with van der Waals surface area (Å²) in [4.78, 5) is 1.61. The van der Waals surface area contributed by atoms with E-state index in [4.69, 9.17) is 0 Å². The fraction of sp³-hybridized carbons (Fsp3) is 0.850. The highest BCUT2D eigenvalue weighted by molar-refractivity contribution is 8.32. The Morgan fingerprint density at radius 1 is 1.17 bits per heavy atom. The van der Waals surface area contributed by atoms with Gasteiger partial charge in [-0.2, -0.15) is 16.5 Å². The van der Waals surface area contributed by atoms with Gasteiger partial charge in [0.1, 0.15) is 7.22 Å². The number of hydrogen-bond donors (Lipinski definition) is 0. The van der Waals surface area contributed by atoms with Gasteiger partial charge in [-0.15, -0.1) is 0 Å². The zero-order chi connectivity index (χ0) is 17.3. The van der Waals surface area contributed by atoms with Crippen LogP contribution < -0.4 is 0 Å². The third-order valence-electron chi connectivity index (χ3n) is 6.20. The zero-order valence-electron chi connectivity index (χ0n) is 16.0. The molecule has 0 bridgehead atoms. The van der Waals surface area contributed by atoms with Crippen LogP contribution in [-0.4, -0.2) is 7.22 Å². The lowest BCUT2D eigenvalue weighted by Gasteiger charge is -2.44. The molecule has 2 aliphatic rings. The van der Waals surface area contributed by atoms with E-state index in [0.717, 1.165) is 48.2 Å². The maximum atomic E-state index is 9.72. The molecule has 0 heterocycles. The van der Waals surface area contributed by atoms with Crippen molar-refractivity contribution in [2.45, 2.75) is 96.7 Å². The molecule has 0 spiro atoms. The Hall–Kier alpha value is -0.203. The Morgan fingerprint density at radius 3 is 2.09 bits per heavy atom. The smallest absolute Gasteiger partial charge is 0.130 e. The number of allylic oxidation sites excluding steroid dienone is 2. The van der Waals surface area contributed by atoms with E-state index in [1.807, 2.05) is 0 Å². The second-order valence-electron chi connectivity index (χ2n) is 8.83. The molecule has 0 aliphatic heterocycles. The Balaban J connectivity index is 2.13. The van der Waals surface area contributed by atoms with Crippen LogP contribution in [-0.2, 0) is 0 Å². The van der Waals surface area contributed by atoms with Crippen molar-refractivity contribution in [3.05, 3.63) is 11.0 Å². The topological polar surface area (TPSA) is 23.8 Å². The summed E-state index contributed by atoms with van der Waals surface area (Å²) in [5.74, 6) is 0.854. The van der Waals surface area contributed by atoms with Crippen molar-refractivity contribution >= 4 is 18.4 Å². The Morgan fingerprint density at radius 2 is 1.74 bits per heavy atom. The molecule has 1 atom stereocenters. The first-order valence-corrected chi connectivity index (χ1v) is 13.3. The summed E-state index contributed by atoms with van der Waals surface area (Å²) in [6.45, 7) is 14.6. The molecule has 3 heteroatoms. The first-order valence-electron chi connectivity index (χ1n) is 9.55. The van der Waals surface area contributed by atoms with Crippen molar-refractivity contribution in [1.29, 1.82) is 5.26 Å². The first-order chi connectivity index (χ1) is 10.8. The molecule has 0 aromatic heterocycles. The molecule has 2 aliphatic carbocycles. The van der Waals surface area contributed by atoms with E-state index in [2.05, 4.69) is 64.9 Å². The van der Waals surface area contributed by atoms with Crippen molar-refractivity contribution in [2.24, 2.45) is 11.3 Å². The SMILES string of the molecule is CC(C)[Si](SC1=CCC(C#N)(CC2CC2)CC1)(C(C)C)C(C)C. The highest BCUT2D eigenvalue weighted by atomic mass is 32.4. The van der Waals surface area contributed by atoms with E-state index in [-0.39, 0.29) is 5.41 Å². The molecule has 23 heavy (non-hydrogen) atoms. The highest BCUT2D eigenvalue weighted by Crippen LogP contribution is 2.55. The molecule has 0 aromatic rings. The average Bonchev–Trinajstić information content (AvgIpc) is 3.29. The van der Waals surface area contributed by atoms with Crippen molar-refractivity contribution in [3.8, 4) is 6.07 Å². The monoisotopic (exact) mass is 349 g/mol. The van der Waals surface area contributed by atoms with Crippen LogP contribution in [0.5, 0.6) is 0 Å². The van der Waals surface area contributed by atoms with Crippen molar-refractivity contribution in [3.63, 3.8) is 0 Å². The van der Waals surface area contributed by atoms with Gasteiger partial charge in [0.25, 0.3) is 0 Å². The molecular formula is C20H35NSSi. The van der Waals surface area contributed by atoms with Crippen LogP contribution in [0, 0.1) is 22.7 Å². The van der Waals surface area contributed by atoms with E-state index >= 15 is 0 Å². The van der Waals surface area contributed by atoms with Gasteiger partial charge in [-0.3, -0.25) is 0 Å². The summed E-state index contributed by atoms with van der Waals surface area (Å²) >= 11 is 2.27. The van der Waals surface area contributed by atoms with Crippen LogP contribution in [0.1, 0.15) is 80.1 Å². The van der Waals surface area contributed by atoms with Gasteiger partial charge in [0.15, 0.2) is 0 Å². The standard InChI is InChI=1S/C20H35NSSi/c1-15(2)23(16(3)4,17(5)6)22-19-9-11-20(14-21,12-10-19)13-18-7-8-18/h9,15-18H,7-8,10-13H2,1-6H3. The van der Waals surface area contributed by atoms with Gasteiger partial charge in [-0.05, 0) is 53.1 Å². The Kier molecular flexibility index (Phi) is 6.12. The molecular weight excluding hydrogens is 314 g/mol. The maximum absolute atomic E-state index is 9.72.